The van der Waals surface area contributed by atoms with Gasteiger partial charge in [-0.2, -0.15) is 5.10 Å². The topological polar surface area (TPSA) is 88.1 Å². The molecule has 0 saturated carbocycles. The van der Waals surface area contributed by atoms with Crippen LogP contribution in [0.2, 0.25) is 0 Å². The van der Waals surface area contributed by atoms with Crippen LogP contribution in [0.25, 0.3) is 0 Å². The third-order valence-electron chi connectivity index (χ3n) is 4.88. The average Bonchev–Trinajstić information content (AvgIpc) is 2.86. The van der Waals surface area contributed by atoms with Crippen molar-refractivity contribution in [2.24, 2.45) is 5.10 Å². The molecule has 0 saturated heterocycles. The first kappa shape index (κ1) is 23.7. The van der Waals surface area contributed by atoms with Crippen LogP contribution < -0.4 is 14.5 Å². The lowest BCUT2D eigenvalue weighted by atomic mass is 10.1. The Kier molecular flexibility index (Phi) is 7.63. The average molecular weight is 464 g/mol. The van der Waals surface area contributed by atoms with Crippen LogP contribution in [0.3, 0.4) is 0 Å². The van der Waals surface area contributed by atoms with E-state index < -0.39 is 15.9 Å². The number of anilines is 1. The number of carbonyl (C=O) groups excluding carboxylic acids is 1. The van der Waals surface area contributed by atoms with Gasteiger partial charge >= 0.3 is 0 Å². The predicted octanol–water partition coefficient (Wildman–Crippen LogP) is 4.23. The van der Waals surface area contributed by atoms with Gasteiger partial charge in [-0.05, 0) is 73.2 Å². The first-order chi connectivity index (χ1) is 15.9. The normalized spacial score (nSPS) is 11.5. The van der Waals surface area contributed by atoms with Crippen LogP contribution in [0.4, 0.5) is 5.69 Å². The maximum Gasteiger partial charge on any atom is 0.271 e. The van der Waals surface area contributed by atoms with Crippen molar-refractivity contribution >= 4 is 27.3 Å². The Hall–Kier alpha value is -3.91. The standard InChI is InChI=1S/C25H25N3O4S/c1-4-18-28(33(30,31)24-8-6-5-7-9-24)22-14-10-21(11-15-22)25(29)27-26-19(2)20-12-16-23(32-3)17-13-20/h4-17H,1,18H2,2-3H3,(H,27,29)/b26-19-. The van der Waals surface area contributed by atoms with Crippen molar-refractivity contribution in [3.05, 3.63) is 103 Å². The van der Waals surface area contributed by atoms with E-state index in [2.05, 4.69) is 17.1 Å². The van der Waals surface area contributed by atoms with Crippen molar-refractivity contribution < 1.29 is 17.9 Å². The Labute approximate surface area is 194 Å². The van der Waals surface area contributed by atoms with Gasteiger partial charge in [-0.25, -0.2) is 13.8 Å². The Morgan fingerprint density at radius 1 is 1.00 bits per heavy atom. The number of nitrogens with zero attached hydrogens (tertiary/aromatic N) is 2. The van der Waals surface area contributed by atoms with Gasteiger partial charge in [-0.15, -0.1) is 6.58 Å². The van der Waals surface area contributed by atoms with Crippen molar-refractivity contribution in [3.63, 3.8) is 0 Å². The number of carbonyl (C=O) groups is 1. The highest BCUT2D eigenvalue weighted by Gasteiger charge is 2.23. The summed E-state index contributed by atoms with van der Waals surface area (Å²) in [5.74, 6) is 0.325. The van der Waals surface area contributed by atoms with E-state index in [1.807, 2.05) is 24.3 Å². The lowest BCUT2D eigenvalue weighted by Crippen LogP contribution is -2.31. The molecule has 0 radical (unpaired) electrons. The number of rotatable bonds is 9. The summed E-state index contributed by atoms with van der Waals surface area (Å²) < 4.78 is 32.5. The minimum absolute atomic E-state index is 0.0914. The molecule has 0 bridgehead atoms. The molecule has 7 nitrogen and oxygen atoms in total. The van der Waals surface area contributed by atoms with Gasteiger partial charge < -0.3 is 4.74 Å². The number of hydrogen-bond acceptors (Lipinski definition) is 5. The Balaban J connectivity index is 1.76. The third-order valence-corrected chi connectivity index (χ3v) is 6.68. The molecule has 1 amide bonds. The van der Waals surface area contributed by atoms with Crippen LogP contribution in [-0.2, 0) is 10.0 Å². The summed E-state index contributed by atoms with van der Waals surface area (Å²) in [6, 6.07) is 21.8. The fourth-order valence-electron chi connectivity index (χ4n) is 3.05. The quantitative estimate of drug-likeness (QED) is 0.292. The molecule has 0 aliphatic heterocycles. The zero-order valence-electron chi connectivity index (χ0n) is 18.4. The first-order valence-corrected chi connectivity index (χ1v) is 11.6. The Bertz CT molecular complexity index is 1240. The largest absolute Gasteiger partial charge is 0.497 e. The van der Waals surface area contributed by atoms with Crippen molar-refractivity contribution in [3.8, 4) is 5.75 Å². The summed E-state index contributed by atoms with van der Waals surface area (Å²) in [6.07, 6.45) is 1.51. The smallest absolute Gasteiger partial charge is 0.271 e. The van der Waals surface area contributed by atoms with E-state index in [1.165, 1.54) is 22.5 Å². The zero-order chi connectivity index (χ0) is 23.8. The van der Waals surface area contributed by atoms with E-state index in [0.717, 1.165) is 11.3 Å². The van der Waals surface area contributed by atoms with Gasteiger partial charge in [0.2, 0.25) is 0 Å². The molecule has 0 aromatic heterocycles. The summed E-state index contributed by atoms with van der Waals surface area (Å²) in [6.45, 7) is 5.54. The molecule has 0 fully saturated rings. The van der Waals surface area contributed by atoms with Crippen LogP contribution in [0.1, 0.15) is 22.8 Å². The number of amides is 1. The number of sulfonamides is 1. The lowest BCUT2D eigenvalue weighted by molar-refractivity contribution is 0.0955. The summed E-state index contributed by atoms with van der Waals surface area (Å²) in [5.41, 5.74) is 4.78. The van der Waals surface area contributed by atoms with Crippen molar-refractivity contribution in [2.75, 3.05) is 18.0 Å². The van der Waals surface area contributed by atoms with Crippen LogP contribution >= 0.6 is 0 Å². The maximum absolute atomic E-state index is 13.1. The van der Waals surface area contributed by atoms with Gasteiger partial charge in [0.05, 0.1) is 29.9 Å². The number of nitrogens with one attached hydrogen (secondary N) is 1. The molecule has 3 aromatic rings. The number of hydrogen-bond donors (Lipinski definition) is 1. The summed E-state index contributed by atoms with van der Waals surface area (Å²) in [7, 11) is -2.18. The van der Waals surface area contributed by atoms with Crippen LogP contribution in [0.5, 0.6) is 5.75 Å². The number of methoxy groups -OCH3 is 1. The summed E-state index contributed by atoms with van der Waals surface area (Å²) in [5, 5.41) is 4.15. The molecule has 0 aliphatic carbocycles. The fourth-order valence-corrected chi connectivity index (χ4v) is 4.51. The highest BCUT2D eigenvalue weighted by atomic mass is 32.2. The SMILES string of the molecule is C=CCN(c1ccc(C(=O)N/N=C(/C)c2ccc(OC)cc2)cc1)S(=O)(=O)c1ccccc1. The molecule has 0 unspecified atom stereocenters. The van der Waals surface area contributed by atoms with Gasteiger partial charge in [0.1, 0.15) is 5.75 Å². The molecule has 1 N–H and O–H groups in total. The van der Waals surface area contributed by atoms with Gasteiger partial charge in [0.25, 0.3) is 15.9 Å². The Morgan fingerprint density at radius 2 is 1.61 bits per heavy atom. The van der Waals surface area contributed by atoms with Crippen LogP contribution in [-0.4, -0.2) is 33.7 Å². The molecule has 0 spiro atoms. The van der Waals surface area contributed by atoms with E-state index in [9.17, 15) is 13.2 Å². The van der Waals surface area contributed by atoms with E-state index in [1.54, 1.807) is 56.5 Å². The molecule has 3 aromatic carbocycles. The molecule has 8 heteroatoms. The van der Waals surface area contributed by atoms with Crippen molar-refractivity contribution in [1.29, 1.82) is 0 Å². The third kappa shape index (κ3) is 5.67. The molecule has 0 aliphatic rings. The van der Waals surface area contributed by atoms with Gasteiger partial charge in [-0.3, -0.25) is 9.10 Å². The number of hydrazone groups is 1. The summed E-state index contributed by atoms with van der Waals surface area (Å²) in [4.78, 5) is 12.7. The molecular weight excluding hydrogens is 438 g/mol. The lowest BCUT2D eigenvalue weighted by Gasteiger charge is -2.23. The van der Waals surface area contributed by atoms with E-state index in [4.69, 9.17) is 4.74 Å². The van der Waals surface area contributed by atoms with E-state index in [-0.39, 0.29) is 11.4 Å². The zero-order valence-corrected chi connectivity index (χ0v) is 19.2. The maximum atomic E-state index is 13.1. The van der Waals surface area contributed by atoms with Crippen molar-refractivity contribution in [1.82, 2.24) is 5.43 Å². The minimum atomic E-state index is -3.78. The van der Waals surface area contributed by atoms with Gasteiger partial charge in [0.15, 0.2) is 0 Å². The van der Waals surface area contributed by atoms with E-state index >= 15 is 0 Å². The monoisotopic (exact) mass is 463 g/mol. The second-order valence-corrected chi connectivity index (χ2v) is 8.91. The fraction of sp³-hybridized carbons (Fsp3) is 0.120. The highest BCUT2D eigenvalue weighted by molar-refractivity contribution is 7.92. The second kappa shape index (κ2) is 10.6. The van der Waals surface area contributed by atoms with Crippen molar-refractivity contribution in [2.45, 2.75) is 11.8 Å². The van der Waals surface area contributed by atoms with Gasteiger partial charge in [0, 0.05) is 5.56 Å². The second-order valence-electron chi connectivity index (χ2n) is 7.05. The molecule has 3 rings (SSSR count). The molecule has 0 heterocycles. The molecular formula is C25H25N3O4S. The molecule has 0 atom stereocenters. The van der Waals surface area contributed by atoms with Crippen LogP contribution in [0, 0.1) is 0 Å². The molecule has 170 valence electrons. The minimum Gasteiger partial charge on any atom is -0.497 e. The Morgan fingerprint density at radius 3 is 2.18 bits per heavy atom. The number of benzene rings is 3. The predicted molar refractivity (Wildman–Crippen MR) is 130 cm³/mol. The van der Waals surface area contributed by atoms with Gasteiger partial charge in [-0.1, -0.05) is 24.3 Å². The van der Waals surface area contributed by atoms with E-state index in [0.29, 0.717) is 17.0 Å². The highest BCUT2D eigenvalue weighted by Crippen LogP contribution is 2.24. The molecule has 33 heavy (non-hydrogen) atoms. The summed E-state index contributed by atoms with van der Waals surface area (Å²) >= 11 is 0. The van der Waals surface area contributed by atoms with Crippen LogP contribution in [0.15, 0.2) is 102 Å². The first-order valence-electron chi connectivity index (χ1n) is 10.1. The number of ether oxygens (including phenoxy) is 1.